The highest BCUT2D eigenvalue weighted by molar-refractivity contribution is 5.26. The van der Waals surface area contributed by atoms with Gasteiger partial charge in [0.1, 0.15) is 30.2 Å². The number of aryl methyl sites for hydroxylation is 1. The van der Waals surface area contributed by atoms with Crippen molar-refractivity contribution < 1.29 is 29.9 Å². The first kappa shape index (κ1) is 14.2. The predicted octanol–water partition coefficient (Wildman–Crippen LogP) is -0.826. The van der Waals surface area contributed by atoms with Crippen LogP contribution in [0.25, 0.3) is 0 Å². The molecule has 0 aromatic heterocycles. The second-order valence-electron chi connectivity index (χ2n) is 4.63. The smallest absolute Gasteiger partial charge is 0.229 e. The van der Waals surface area contributed by atoms with E-state index < -0.39 is 37.3 Å². The fourth-order valence-electron chi connectivity index (χ4n) is 1.92. The van der Waals surface area contributed by atoms with Crippen LogP contribution in [0.15, 0.2) is 24.3 Å². The summed E-state index contributed by atoms with van der Waals surface area (Å²) in [5, 5.41) is 38.1. The van der Waals surface area contributed by atoms with E-state index in [9.17, 15) is 15.3 Å². The average molecular weight is 270 g/mol. The third-order valence-corrected chi connectivity index (χ3v) is 3.12. The molecule has 6 heteroatoms. The summed E-state index contributed by atoms with van der Waals surface area (Å²) in [6, 6.07) is 7.08. The highest BCUT2D eigenvalue weighted by Crippen LogP contribution is 2.24. The molecule has 106 valence electrons. The molecule has 0 aliphatic carbocycles. The number of aliphatic hydroxyl groups is 4. The van der Waals surface area contributed by atoms with Gasteiger partial charge in [0, 0.05) is 0 Å². The highest BCUT2D eigenvalue weighted by atomic mass is 16.7. The molecule has 1 fully saturated rings. The molecular weight excluding hydrogens is 252 g/mol. The van der Waals surface area contributed by atoms with E-state index in [-0.39, 0.29) is 0 Å². The van der Waals surface area contributed by atoms with E-state index in [1.807, 2.05) is 19.1 Å². The molecule has 6 nitrogen and oxygen atoms in total. The number of hydrogen-bond donors (Lipinski definition) is 4. The predicted molar refractivity (Wildman–Crippen MR) is 65.6 cm³/mol. The Morgan fingerprint density at radius 3 is 2.26 bits per heavy atom. The Bertz CT molecular complexity index is 404. The number of hydrogen-bond acceptors (Lipinski definition) is 6. The minimum Gasteiger partial charge on any atom is -0.462 e. The fraction of sp³-hybridized carbons (Fsp3) is 0.538. The topological polar surface area (TPSA) is 99.4 Å². The maximum absolute atomic E-state index is 9.80. The summed E-state index contributed by atoms with van der Waals surface area (Å²) in [4.78, 5) is 0. The number of aliphatic hydroxyl groups excluding tert-OH is 4. The molecule has 4 N–H and O–H groups in total. The largest absolute Gasteiger partial charge is 0.462 e. The molecule has 0 spiro atoms. The van der Waals surface area contributed by atoms with E-state index in [2.05, 4.69) is 0 Å². The Morgan fingerprint density at radius 1 is 1.05 bits per heavy atom. The quantitative estimate of drug-likeness (QED) is 0.572. The molecule has 1 heterocycles. The fourth-order valence-corrected chi connectivity index (χ4v) is 1.92. The molecule has 1 saturated heterocycles. The van der Waals surface area contributed by atoms with Crippen LogP contribution in [0.4, 0.5) is 0 Å². The van der Waals surface area contributed by atoms with Gasteiger partial charge in [-0.25, -0.2) is 0 Å². The van der Waals surface area contributed by atoms with Gasteiger partial charge in [0.25, 0.3) is 0 Å². The SMILES string of the molecule is Cc1ccc(O[C@H]2OC(CO)[C@@H](O)C(O)C2O)cc1. The second-order valence-corrected chi connectivity index (χ2v) is 4.63. The van der Waals surface area contributed by atoms with Crippen LogP contribution >= 0.6 is 0 Å². The Labute approximate surface area is 110 Å². The van der Waals surface area contributed by atoms with E-state index in [4.69, 9.17) is 14.6 Å². The Hall–Kier alpha value is -1.18. The molecule has 0 radical (unpaired) electrons. The van der Waals surface area contributed by atoms with Gasteiger partial charge in [-0.2, -0.15) is 0 Å². The van der Waals surface area contributed by atoms with Crippen LogP contribution in [0.2, 0.25) is 0 Å². The Morgan fingerprint density at radius 2 is 1.68 bits per heavy atom. The van der Waals surface area contributed by atoms with E-state index in [0.717, 1.165) is 5.56 Å². The summed E-state index contributed by atoms with van der Waals surface area (Å²) in [5.41, 5.74) is 1.06. The van der Waals surface area contributed by atoms with Gasteiger partial charge >= 0.3 is 0 Å². The van der Waals surface area contributed by atoms with Crippen molar-refractivity contribution in [2.75, 3.05) is 6.61 Å². The molecule has 1 aliphatic heterocycles. The van der Waals surface area contributed by atoms with Gasteiger partial charge in [-0.15, -0.1) is 0 Å². The van der Waals surface area contributed by atoms with Crippen molar-refractivity contribution in [1.29, 1.82) is 0 Å². The standard InChI is InChI=1S/C13H18O6/c1-7-2-4-8(5-3-7)18-13-12(17)11(16)10(15)9(6-14)19-13/h2-5,9-17H,6H2,1H3/t9?,10-,11?,12?,13+/m1/s1. The first-order chi connectivity index (χ1) is 9.02. The summed E-state index contributed by atoms with van der Waals surface area (Å²) in [7, 11) is 0. The molecule has 3 unspecified atom stereocenters. The molecule has 0 saturated carbocycles. The van der Waals surface area contributed by atoms with Crippen LogP contribution in [0.5, 0.6) is 5.75 Å². The van der Waals surface area contributed by atoms with Gasteiger partial charge in [-0.1, -0.05) is 17.7 Å². The van der Waals surface area contributed by atoms with E-state index in [1.54, 1.807) is 12.1 Å². The van der Waals surface area contributed by atoms with Gasteiger partial charge < -0.3 is 29.9 Å². The zero-order chi connectivity index (χ0) is 14.0. The van der Waals surface area contributed by atoms with Crippen LogP contribution < -0.4 is 4.74 Å². The molecular formula is C13H18O6. The molecule has 1 aliphatic rings. The van der Waals surface area contributed by atoms with E-state index >= 15 is 0 Å². The summed E-state index contributed by atoms with van der Waals surface area (Å²) < 4.78 is 10.7. The van der Waals surface area contributed by atoms with Crippen LogP contribution in [0.3, 0.4) is 0 Å². The molecule has 5 atom stereocenters. The number of benzene rings is 1. The van der Waals surface area contributed by atoms with Crippen LogP contribution in [-0.2, 0) is 4.74 Å². The van der Waals surface area contributed by atoms with Gasteiger partial charge in [-0.3, -0.25) is 0 Å². The molecule has 2 rings (SSSR count). The van der Waals surface area contributed by atoms with Crippen molar-refractivity contribution in [2.45, 2.75) is 37.6 Å². The minimum atomic E-state index is -1.43. The number of ether oxygens (including phenoxy) is 2. The van der Waals surface area contributed by atoms with Crippen molar-refractivity contribution in [3.05, 3.63) is 29.8 Å². The van der Waals surface area contributed by atoms with Gasteiger partial charge in [0.2, 0.25) is 6.29 Å². The third-order valence-electron chi connectivity index (χ3n) is 3.12. The van der Waals surface area contributed by atoms with Gasteiger partial charge in [-0.05, 0) is 19.1 Å². The highest BCUT2D eigenvalue weighted by Gasteiger charge is 2.44. The van der Waals surface area contributed by atoms with E-state index in [1.165, 1.54) is 0 Å². The first-order valence-corrected chi connectivity index (χ1v) is 6.07. The molecule has 19 heavy (non-hydrogen) atoms. The van der Waals surface area contributed by atoms with Gasteiger partial charge in [0.15, 0.2) is 0 Å². The number of rotatable bonds is 3. The zero-order valence-corrected chi connectivity index (χ0v) is 10.5. The zero-order valence-electron chi connectivity index (χ0n) is 10.5. The van der Waals surface area contributed by atoms with Crippen molar-refractivity contribution in [3.63, 3.8) is 0 Å². The van der Waals surface area contributed by atoms with Crippen LogP contribution in [0.1, 0.15) is 5.56 Å². The molecule has 0 amide bonds. The third kappa shape index (κ3) is 3.05. The van der Waals surface area contributed by atoms with Crippen molar-refractivity contribution in [3.8, 4) is 5.75 Å². The van der Waals surface area contributed by atoms with Crippen molar-refractivity contribution in [2.24, 2.45) is 0 Å². The lowest BCUT2D eigenvalue weighted by atomic mass is 9.99. The molecule has 1 aromatic rings. The van der Waals surface area contributed by atoms with Gasteiger partial charge in [0.05, 0.1) is 6.61 Å². The maximum atomic E-state index is 9.80. The monoisotopic (exact) mass is 270 g/mol. The van der Waals surface area contributed by atoms with Crippen molar-refractivity contribution >= 4 is 0 Å². The van der Waals surface area contributed by atoms with Crippen LogP contribution in [0, 0.1) is 6.92 Å². The lowest BCUT2D eigenvalue weighted by Gasteiger charge is -2.39. The lowest BCUT2D eigenvalue weighted by Crippen LogP contribution is -2.60. The van der Waals surface area contributed by atoms with Crippen LogP contribution in [-0.4, -0.2) is 57.7 Å². The van der Waals surface area contributed by atoms with Crippen molar-refractivity contribution in [1.82, 2.24) is 0 Å². The lowest BCUT2D eigenvalue weighted by molar-refractivity contribution is -0.277. The Kier molecular flexibility index (Phi) is 4.38. The summed E-state index contributed by atoms with van der Waals surface area (Å²) in [6.07, 6.45) is -6.30. The molecule has 1 aromatic carbocycles. The second kappa shape index (κ2) is 5.85. The normalized spacial score (nSPS) is 35.1. The summed E-state index contributed by atoms with van der Waals surface area (Å²) in [5.74, 6) is 0.468. The molecule has 0 bridgehead atoms. The summed E-state index contributed by atoms with van der Waals surface area (Å²) in [6.45, 7) is 1.45. The minimum absolute atomic E-state index is 0.468. The summed E-state index contributed by atoms with van der Waals surface area (Å²) >= 11 is 0. The first-order valence-electron chi connectivity index (χ1n) is 6.07. The van der Waals surface area contributed by atoms with E-state index in [0.29, 0.717) is 5.75 Å². The Balaban J connectivity index is 2.08. The average Bonchev–Trinajstić information content (AvgIpc) is 2.42. The maximum Gasteiger partial charge on any atom is 0.229 e.